The molecule has 2 fully saturated rings. The van der Waals surface area contributed by atoms with Crippen LogP contribution in [-0.4, -0.2) is 47.1 Å². The molecular formula is C20H26N4O3. The molecule has 1 amide bonds. The first-order valence-electron chi connectivity index (χ1n) is 9.39. The number of fused-ring (bicyclic) bond motifs is 1. The van der Waals surface area contributed by atoms with Crippen LogP contribution in [0.15, 0.2) is 30.3 Å². The highest BCUT2D eigenvalue weighted by molar-refractivity contribution is 5.93. The molecule has 0 radical (unpaired) electrons. The number of hydrogen-bond donors (Lipinski definition) is 3. The maximum Gasteiger partial charge on any atom is 0.269 e. The van der Waals surface area contributed by atoms with Crippen LogP contribution in [0.5, 0.6) is 0 Å². The quantitative estimate of drug-likeness (QED) is 0.669. The highest BCUT2D eigenvalue weighted by Gasteiger charge is 2.55. The van der Waals surface area contributed by atoms with E-state index >= 15 is 0 Å². The Bertz CT molecular complexity index is 822. The highest BCUT2D eigenvalue weighted by atomic mass is 16.5. The number of hydrogen-bond acceptors (Lipinski definition) is 5. The molecule has 1 saturated carbocycles. The zero-order valence-electron chi connectivity index (χ0n) is 15.8. The van der Waals surface area contributed by atoms with Gasteiger partial charge in [-0.1, -0.05) is 29.8 Å². The third-order valence-corrected chi connectivity index (χ3v) is 5.72. The summed E-state index contributed by atoms with van der Waals surface area (Å²) in [7, 11) is 1.65. The average molecular weight is 370 g/mol. The molecule has 1 aliphatic carbocycles. The van der Waals surface area contributed by atoms with Crippen LogP contribution < -0.4 is 10.6 Å². The Labute approximate surface area is 158 Å². The van der Waals surface area contributed by atoms with Crippen LogP contribution in [0.3, 0.4) is 0 Å². The number of aryl methyl sites for hydroxylation is 1. The largest absolute Gasteiger partial charge is 0.381 e. The molecule has 1 saturated heterocycles. The van der Waals surface area contributed by atoms with Gasteiger partial charge in [-0.3, -0.25) is 14.8 Å². The minimum Gasteiger partial charge on any atom is -0.381 e. The lowest BCUT2D eigenvalue weighted by Crippen LogP contribution is -2.32. The van der Waals surface area contributed by atoms with Crippen LogP contribution in [0.2, 0.25) is 0 Å². The van der Waals surface area contributed by atoms with E-state index in [0.29, 0.717) is 23.2 Å². The van der Waals surface area contributed by atoms with Crippen molar-refractivity contribution in [3.63, 3.8) is 0 Å². The SMILES string of the molecule is CNC(O)c1cc(C(=O)N[C@H]2[C@@H]3COC[C@@H]32)n([C@@H](C)c2ccc(C)cc2)n1. The molecule has 1 unspecified atom stereocenters. The van der Waals surface area contributed by atoms with Crippen molar-refractivity contribution in [2.24, 2.45) is 11.8 Å². The van der Waals surface area contributed by atoms with E-state index in [1.807, 2.05) is 38.1 Å². The molecule has 27 heavy (non-hydrogen) atoms. The maximum atomic E-state index is 12.9. The molecule has 7 heteroatoms. The molecule has 5 atom stereocenters. The minimum absolute atomic E-state index is 0.133. The number of aliphatic hydroxyl groups is 1. The first kappa shape index (κ1) is 18.2. The molecule has 144 valence electrons. The number of benzene rings is 1. The van der Waals surface area contributed by atoms with Crippen LogP contribution in [-0.2, 0) is 4.74 Å². The van der Waals surface area contributed by atoms with Gasteiger partial charge in [-0.2, -0.15) is 5.10 Å². The topological polar surface area (TPSA) is 88.4 Å². The number of carbonyl (C=O) groups is 1. The van der Waals surface area contributed by atoms with Crippen LogP contribution in [0.4, 0.5) is 0 Å². The Kier molecular flexibility index (Phi) is 4.75. The molecule has 1 aromatic heterocycles. The average Bonchev–Trinajstić information content (AvgIpc) is 3.08. The van der Waals surface area contributed by atoms with Crippen molar-refractivity contribution in [1.29, 1.82) is 0 Å². The van der Waals surface area contributed by atoms with E-state index < -0.39 is 6.23 Å². The van der Waals surface area contributed by atoms with E-state index in [1.54, 1.807) is 17.8 Å². The normalized spacial score (nSPS) is 25.7. The number of amides is 1. The van der Waals surface area contributed by atoms with Gasteiger partial charge in [-0.25, -0.2) is 0 Å². The second-order valence-corrected chi connectivity index (χ2v) is 7.54. The maximum absolute atomic E-state index is 12.9. The van der Waals surface area contributed by atoms with E-state index in [0.717, 1.165) is 18.8 Å². The standard InChI is InChI=1S/C20H26N4O3/c1-11-4-6-13(7-5-11)12(2)24-17(8-16(23-24)19(25)21-3)20(26)22-18-14-9-27-10-15(14)18/h4-8,12,14-15,18-19,21,25H,9-10H2,1-3H3,(H,22,26)/t12-,14-,15+,18+,19?/m0/s1. The monoisotopic (exact) mass is 370 g/mol. The van der Waals surface area contributed by atoms with E-state index in [-0.39, 0.29) is 18.0 Å². The number of nitrogens with one attached hydrogen (secondary N) is 2. The molecule has 3 N–H and O–H groups in total. The van der Waals surface area contributed by atoms with E-state index in [2.05, 4.69) is 15.7 Å². The lowest BCUT2D eigenvalue weighted by atomic mass is 10.1. The lowest BCUT2D eigenvalue weighted by molar-refractivity contribution is 0.0917. The molecule has 2 heterocycles. The smallest absolute Gasteiger partial charge is 0.269 e. The van der Waals surface area contributed by atoms with E-state index in [4.69, 9.17) is 4.74 Å². The number of rotatable bonds is 6. The van der Waals surface area contributed by atoms with Gasteiger partial charge >= 0.3 is 0 Å². The third-order valence-electron chi connectivity index (χ3n) is 5.72. The van der Waals surface area contributed by atoms with Crippen LogP contribution >= 0.6 is 0 Å². The molecule has 1 aliphatic heterocycles. The molecule has 2 aromatic rings. The Morgan fingerprint density at radius 1 is 1.30 bits per heavy atom. The fourth-order valence-corrected chi connectivity index (χ4v) is 3.82. The number of carbonyl (C=O) groups excluding carboxylic acids is 1. The summed E-state index contributed by atoms with van der Waals surface area (Å²) in [6, 6.07) is 9.89. The van der Waals surface area contributed by atoms with Gasteiger partial charge in [0.05, 0.1) is 19.3 Å². The Morgan fingerprint density at radius 3 is 2.59 bits per heavy atom. The Balaban J connectivity index is 1.61. The summed E-state index contributed by atoms with van der Waals surface area (Å²) in [4.78, 5) is 12.9. The number of aromatic nitrogens is 2. The van der Waals surface area contributed by atoms with E-state index in [1.165, 1.54) is 5.56 Å². The zero-order chi connectivity index (χ0) is 19.1. The predicted octanol–water partition coefficient (Wildman–Crippen LogP) is 1.39. The molecule has 0 bridgehead atoms. The summed E-state index contributed by atoms with van der Waals surface area (Å²) in [6.07, 6.45) is -0.920. The fraction of sp³-hybridized carbons (Fsp3) is 0.500. The summed E-state index contributed by atoms with van der Waals surface area (Å²) >= 11 is 0. The van der Waals surface area contributed by atoms with Crippen molar-refractivity contribution in [2.45, 2.75) is 32.2 Å². The summed E-state index contributed by atoms with van der Waals surface area (Å²) in [6.45, 7) is 5.49. The van der Waals surface area contributed by atoms with Crippen molar-refractivity contribution in [2.75, 3.05) is 20.3 Å². The minimum atomic E-state index is -0.920. The molecule has 0 spiro atoms. The first-order chi connectivity index (χ1) is 13.0. The van der Waals surface area contributed by atoms with Gasteiger partial charge in [0.15, 0.2) is 0 Å². The van der Waals surface area contributed by atoms with Crippen LogP contribution in [0, 0.1) is 18.8 Å². The number of aliphatic hydroxyl groups excluding tert-OH is 1. The second kappa shape index (κ2) is 7.07. The van der Waals surface area contributed by atoms with Gasteiger partial charge in [0.2, 0.25) is 0 Å². The fourth-order valence-electron chi connectivity index (χ4n) is 3.82. The van der Waals surface area contributed by atoms with Crippen molar-refractivity contribution in [3.05, 3.63) is 52.8 Å². The molecule has 4 rings (SSSR count). The summed E-state index contributed by atoms with van der Waals surface area (Å²) in [5, 5.41) is 20.5. The number of ether oxygens (including phenoxy) is 1. The summed E-state index contributed by atoms with van der Waals surface area (Å²) < 4.78 is 7.09. The number of nitrogens with zero attached hydrogens (tertiary/aromatic N) is 2. The lowest BCUT2D eigenvalue weighted by Gasteiger charge is -2.17. The van der Waals surface area contributed by atoms with Crippen LogP contribution in [0.1, 0.15) is 46.5 Å². The molecular weight excluding hydrogens is 344 g/mol. The highest BCUT2D eigenvalue weighted by Crippen LogP contribution is 2.44. The van der Waals surface area contributed by atoms with Crippen molar-refractivity contribution >= 4 is 5.91 Å². The Morgan fingerprint density at radius 2 is 1.96 bits per heavy atom. The van der Waals surface area contributed by atoms with Gasteiger partial charge in [0.25, 0.3) is 5.91 Å². The Hall–Kier alpha value is -2.22. The van der Waals surface area contributed by atoms with Gasteiger partial charge < -0.3 is 15.2 Å². The van der Waals surface area contributed by atoms with Gasteiger partial charge in [-0.05, 0) is 32.5 Å². The van der Waals surface area contributed by atoms with Gasteiger partial charge in [-0.15, -0.1) is 0 Å². The molecule has 1 aromatic carbocycles. The third kappa shape index (κ3) is 3.38. The predicted molar refractivity (Wildman–Crippen MR) is 100 cm³/mol. The summed E-state index contributed by atoms with van der Waals surface area (Å²) in [5.74, 6) is 0.708. The van der Waals surface area contributed by atoms with Crippen LogP contribution in [0.25, 0.3) is 0 Å². The van der Waals surface area contributed by atoms with Gasteiger partial charge in [0.1, 0.15) is 17.6 Å². The van der Waals surface area contributed by atoms with Crippen molar-refractivity contribution in [3.8, 4) is 0 Å². The van der Waals surface area contributed by atoms with Crippen molar-refractivity contribution in [1.82, 2.24) is 20.4 Å². The summed E-state index contributed by atoms with van der Waals surface area (Å²) in [5.41, 5.74) is 3.12. The first-order valence-corrected chi connectivity index (χ1v) is 9.39. The van der Waals surface area contributed by atoms with Crippen molar-refractivity contribution < 1.29 is 14.6 Å². The molecule has 7 nitrogen and oxygen atoms in total. The van der Waals surface area contributed by atoms with Gasteiger partial charge in [0, 0.05) is 17.9 Å². The molecule has 2 aliphatic rings. The zero-order valence-corrected chi connectivity index (χ0v) is 15.8. The second-order valence-electron chi connectivity index (χ2n) is 7.54. The van der Waals surface area contributed by atoms with E-state index in [9.17, 15) is 9.90 Å².